The van der Waals surface area contributed by atoms with E-state index in [1.165, 1.54) is 0 Å². The van der Waals surface area contributed by atoms with E-state index in [2.05, 4.69) is 20.5 Å². The molecule has 0 aliphatic rings. The van der Waals surface area contributed by atoms with Gasteiger partial charge in [0.15, 0.2) is 5.82 Å². The minimum atomic E-state index is 0.502. The van der Waals surface area contributed by atoms with Gasteiger partial charge in [-0.2, -0.15) is 10.1 Å². The molecule has 0 atom stereocenters. The number of anilines is 2. The molecule has 0 amide bonds. The van der Waals surface area contributed by atoms with Crippen LogP contribution in [0.5, 0.6) is 17.4 Å². The molecule has 0 aliphatic heterocycles. The summed E-state index contributed by atoms with van der Waals surface area (Å²) in [4.78, 5) is 4.63. The molecule has 26 heavy (non-hydrogen) atoms. The van der Waals surface area contributed by atoms with Gasteiger partial charge in [-0.1, -0.05) is 24.3 Å². The van der Waals surface area contributed by atoms with Crippen LogP contribution in [0, 0.1) is 6.92 Å². The van der Waals surface area contributed by atoms with Gasteiger partial charge in [-0.25, -0.2) is 0 Å². The molecule has 6 heteroatoms. The highest BCUT2D eigenvalue weighted by atomic mass is 16.5. The van der Waals surface area contributed by atoms with Gasteiger partial charge in [-0.3, -0.25) is 5.10 Å². The number of ether oxygens (including phenoxy) is 2. The summed E-state index contributed by atoms with van der Waals surface area (Å²) < 4.78 is 11.5. The lowest BCUT2D eigenvalue weighted by Crippen LogP contribution is -1.98. The number of fused-ring (bicyclic) bond motifs is 1. The van der Waals surface area contributed by atoms with Crippen LogP contribution in [0.2, 0.25) is 0 Å². The second-order valence-corrected chi connectivity index (χ2v) is 5.84. The van der Waals surface area contributed by atoms with Crippen LogP contribution in [-0.2, 0) is 0 Å². The average molecular weight is 346 g/mol. The Labute approximate surface area is 150 Å². The molecule has 0 fully saturated rings. The predicted octanol–water partition coefficient (Wildman–Crippen LogP) is 4.81. The van der Waals surface area contributed by atoms with E-state index in [4.69, 9.17) is 9.47 Å². The number of hydrogen-bond donors (Lipinski definition) is 2. The van der Waals surface area contributed by atoms with Crippen LogP contribution in [-0.4, -0.2) is 22.3 Å². The number of para-hydroxylation sites is 1. The van der Waals surface area contributed by atoms with Gasteiger partial charge in [-0.05, 0) is 37.3 Å². The standard InChI is InChI=1S/C20H18N4O2/c1-13-11-19(24-23-13)21-18-12-16-15(9-6-10-17(16)25-2)20(22-18)26-14-7-4-3-5-8-14/h3-12H,1-2H3,(H2,21,22,23,24). The van der Waals surface area contributed by atoms with Crippen molar-refractivity contribution in [2.45, 2.75) is 6.92 Å². The van der Waals surface area contributed by atoms with E-state index in [-0.39, 0.29) is 0 Å². The number of rotatable bonds is 5. The summed E-state index contributed by atoms with van der Waals surface area (Å²) in [5, 5.41) is 12.1. The Morgan fingerprint density at radius 2 is 1.77 bits per heavy atom. The molecule has 0 spiro atoms. The number of aromatic nitrogens is 3. The molecule has 2 aromatic carbocycles. The SMILES string of the molecule is COc1cccc2c(Oc3ccccc3)nc(Nc3cc(C)[nH]n3)cc12. The predicted molar refractivity (Wildman–Crippen MR) is 101 cm³/mol. The third-order valence-electron chi connectivity index (χ3n) is 3.94. The molecule has 2 aromatic heterocycles. The smallest absolute Gasteiger partial charge is 0.229 e. The number of H-pyrrole nitrogens is 1. The first-order chi connectivity index (χ1) is 12.7. The fraction of sp³-hybridized carbons (Fsp3) is 0.100. The third kappa shape index (κ3) is 3.17. The van der Waals surface area contributed by atoms with Crippen LogP contribution >= 0.6 is 0 Å². The zero-order chi connectivity index (χ0) is 17.9. The molecular formula is C20H18N4O2. The van der Waals surface area contributed by atoms with Crippen molar-refractivity contribution in [3.8, 4) is 17.4 Å². The third-order valence-corrected chi connectivity index (χ3v) is 3.94. The molecule has 4 rings (SSSR count). The van der Waals surface area contributed by atoms with Crippen molar-refractivity contribution in [1.82, 2.24) is 15.2 Å². The van der Waals surface area contributed by atoms with Crippen LogP contribution in [0.4, 0.5) is 11.6 Å². The van der Waals surface area contributed by atoms with Gasteiger partial charge in [0.1, 0.15) is 17.3 Å². The number of nitrogens with zero attached hydrogens (tertiary/aromatic N) is 2. The molecule has 4 aromatic rings. The van der Waals surface area contributed by atoms with E-state index in [0.717, 1.165) is 28.0 Å². The molecule has 0 unspecified atom stereocenters. The molecule has 0 bridgehead atoms. The van der Waals surface area contributed by atoms with Crippen molar-refractivity contribution in [2.24, 2.45) is 0 Å². The van der Waals surface area contributed by atoms with Gasteiger partial charge < -0.3 is 14.8 Å². The van der Waals surface area contributed by atoms with Crippen LogP contribution in [0.15, 0.2) is 60.7 Å². The Bertz CT molecular complexity index is 1040. The lowest BCUT2D eigenvalue weighted by atomic mass is 10.1. The van der Waals surface area contributed by atoms with Crippen molar-refractivity contribution < 1.29 is 9.47 Å². The highest BCUT2D eigenvalue weighted by Gasteiger charge is 2.13. The fourth-order valence-corrected chi connectivity index (χ4v) is 2.75. The summed E-state index contributed by atoms with van der Waals surface area (Å²) in [6.07, 6.45) is 0. The van der Waals surface area contributed by atoms with Crippen LogP contribution < -0.4 is 14.8 Å². The summed E-state index contributed by atoms with van der Waals surface area (Å²) in [5.41, 5.74) is 0.964. The number of aromatic amines is 1. The summed E-state index contributed by atoms with van der Waals surface area (Å²) in [6, 6.07) is 19.2. The van der Waals surface area contributed by atoms with Gasteiger partial charge in [0, 0.05) is 22.5 Å². The minimum absolute atomic E-state index is 0.502. The zero-order valence-corrected chi connectivity index (χ0v) is 14.5. The van der Waals surface area contributed by atoms with Gasteiger partial charge in [0.25, 0.3) is 0 Å². The largest absolute Gasteiger partial charge is 0.496 e. The summed E-state index contributed by atoms with van der Waals surface area (Å²) in [5.74, 6) is 3.29. The van der Waals surface area contributed by atoms with Gasteiger partial charge in [0.2, 0.25) is 5.88 Å². The number of methoxy groups -OCH3 is 1. The maximum absolute atomic E-state index is 6.04. The van der Waals surface area contributed by atoms with Crippen LogP contribution in [0.1, 0.15) is 5.69 Å². The quantitative estimate of drug-likeness (QED) is 0.542. The Morgan fingerprint density at radius 3 is 2.50 bits per heavy atom. The fourth-order valence-electron chi connectivity index (χ4n) is 2.75. The molecule has 2 heterocycles. The number of nitrogens with one attached hydrogen (secondary N) is 2. The lowest BCUT2D eigenvalue weighted by Gasteiger charge is -2.13. The second-order valence-electron chi connectivity index (χ2n) is 5.84. The number of benzene rings is 2. The molecule has 0 radical (unpaired) electrons. The highest BCUT2D eigenvalue weighted by Crippen LogP contribution is 2.35. The maximum atomic E-state index is 6.04. The first-order valence-corrected chi connectivity index (χ1v) is 8.22. The molecular weight excluding hydrogens is 328 g/mol. The van der Waals surface area contributed by atoms with Crippen molar-refractivity contribution in [1.29, 1.82) is 0 Å². The zero-order valence-electron chi connectivity index (χ0n) is 14.5. The minimum Gasteiger partial charge on any atom is -0.496 e. The number of pyridine rings is 1. The monoisotopic (exact) mass is 346 g/mol. The number of hydrogen-bond acceptors (Lipinski definition) is 5. The normalized spacial score (nSPS) is 10.7. The van der Waals surface area contributed by atoms with Crippen molar-refractivity contribution in [2.75, 3.05) is 12.4 Å². The highest BCUT2D eigenvalue weighted by molar-refractivity contribution is 5.94. The molecule has 0 saturated heterocycles. The Morgan fingerprint density at radius 1 is 0.923 bits per heavy atom. The Kier molecular flexibility index (Phi) is 4.15. The van der Waals surface area contributed by atoms with E-state index in [9.17, 15) is 0 Å². The van der Waals surface area contributed by atoms with Crippen molar-refractivity contribution in [3.63, 3.8) is 0 Å². The topological polar surface area (TPSA) is 72.1 Å². The van der Waals surface area contributed by atoms with E-state index < -0.39 is 0 Å². The lowest BCUT2D eigenvalue weighted by molar-refractivity contribution is 0.419. The Hall–Kier alpha value is -3.54. The van der Waals surface area contributed by atoms with Crippen molar-refractivity contribution >= 4 is 22.4 Å². The maximum Gasteiger partial charge on any atom is 0.229 e. The second kappa shape index (κ2) is 6.76. The van der Waals surface area contributed by atoms with Gasteiger partial charge in [0.05, 0.1) is 7.11 Å². The molecule has 6 nitrogen and oxygen atoms in total. The van der Waals surface area contributed by atoms with Crippen LogP contribution in [0.25, 0.3) is 10.8 Å². The molecule has 0 aliphatic carbocycles. The Balaban J connectivity index is 1.82. The number of aryl methyl sites for hydroxylation is 1. The molecule has 0 saturated carbocycles. The summed E-state index contributed by atoms with van der Waals surface area (Å²) >= 11 is 0. The van der Waals surface area contributed by atoms with E-state index in [1.807, 2.05) is 67.6 Å². The molecule has 2 N–H and O–H groups in total. The average Bonchev–Trinajstić information content (AvgIpc) is 3.07. The van der Waals surface area contributed by atoms with E-state index >= 15 is 0 Å². The van der Waals surface area contributed by atoms with Crippen LogP contribution in [0.3, 0.4) is 0 Å². The first-order valence-electron chi connectivity index (χ1n) is 8.22. The van der Waals surface area contributed by atoms with E-state index in [1.54, 1.807) is 7.11 Å². The van der Waals surface area contributed by atoms with Gasteiger partial charge in [-0.15, -0.1) is 0 Å². The summed E-state index contributed by atoms with van der Waals surface area (Å²) in [6.45, 7) is 1.94. The summed E-state index contributed by atoms with van der Waals surface area (Å²) in [7, 11) is 1.65. The molecule has 130 valence electrons. The van der Waals surface area contributed by atoms with E-state index in [0.29, 0.717) is 17.5 Å². The first kappa shape index (κ1) is 16.0. The van der Waals surface area contributed by atoms with Crippen molar-refractivity contribution in [3.05, 3.63) is 66.4 Å². The van der Waals surface area contributed by atoms with Gasteiger partial charge >= 0.3 is 0 Å².